The largest absolute Gasteiger partial charge is 0.383 e. The molecule has 0 radical (unpaired) electrons. The Morgan fingerprint density at radius 3 is 2.33 bits per heavy atom. The summed E-state index contributed by atoms with van der Waals surface area (Å²) in [7, 11) is 0. The highest BCUT2D eigenvalue weighted by atomic mass is 32.2. The first kappa shape index (κ1) is 17.3. The van der Waals surface area contributed by atoms with Crippen molar-refractivity contribution < 1.29 is 4.39 Å². The van der Waals surface area contributed by atoms with E-state index in [1.54, 1.807) is 41.0 Å². The van der Waals surface area contributed by atoms with Crippen LogP contribution in [-0.4, -0.2) is 21.0 Å². The van der Waals surface area contributed by atoms with Crippen molar-refractivity contribution in [3.8, 4) is 28.1 Å². The number of aromatic nitrogens is 3. The molecule has 0 aliphatic heterocycles. The minimum absolute atomic E-state index is 0.288. The van der Waals surface area contributed by atoms with Crippen molar-refractivity contribution in [2.45, 2.75) is 4.90 Å². The van der Waals surface area contributed by atoms with Crippen molar-refractivity contribution in [1.82, 2.24) is 14.8 Å². The molecule has 27 heavy (non-hydrogen) atoms. The van der Waals surface area contributed by atoms with Crippen molar-refractivity contribution in [3.63, 3.8) is 0 Å². The van der Waals surface area contributed by atoms with E-state index in [0.29, 0.717) is 11.5 Å². The van der Waals surface area contributed by atoms with Crippen LogP contribution in [0, 0.1) is 5.82 Å². The van der Waals surface area contributed by atoms with Gasteiger partial charge in [-0.1, -0.05) is 12.1 Å². The number of pyridine rings is 1. The number of nitrogens with zero attached hydrogens (tertiary/aromatic N) is 3. The number of thioether (sulfide) groups is 1. The van der Waals surface area contributed by atoms with Crippen LogP contribution in [-0.2, 0) is 0 Å². The molecule has 2 N–H and O–H groups in total. The van der Waals surface area contributed by atoms with Gasteiger partial charge in [-0.15, -0.1) is 11.8 Å². The van der Waals surface area contributed by atoms with Crippen LogP contribution in [0.3, 0.4) is 0 Å². The Morgan fingerprint density at radius 1 is 0.926 bits per heavy atom. The lowest BCUT2D eigenvalue weighted by Gasteiger charge is -2.09. The Kier molecular flexibility index (Phi) is 4.64. The lowest BCUT2D eigenvalue weighted by Crippen LogP contribution is -2.03. The molecule has 4 rings (SSSR count). The molecule has 0 amide bonds. The maximum atomic E-state index is 13.4. The third-order valence-corrected chi connectivity index (χ3v) is 5.11. The summed E-state index contributed by atoms with van der Waals surface area (Å²) in [5.74, 6) is 0.242. The quantitative estimate of drug-likeness (QED) is 0.507. The van der Waals surface area contributed by atoms with Crippen LogP contribution in [0.1, 0.15) is 0 Å². The third kappa shape index (κ3) is 3.19. The van der Waals surface area contributed by atoms with E-state index in [0.717, 1.165) is 27.3 Å². The average Bonchev–Trinajstić information content (AvgIpc) is 3.06. The van der Waals surface area contributed by atoms with Crippen LogP contribution >= 0.6 is 11.8 Å². The number of anilines is 1. The van der Waals surface area contributed by atoms with Gasteiger partial charge < -0.3 is 5.73 Å². The van der Waals surface area contributed by atoms with Gasteiger partial charge in [0.25, 0.3) is 0 Å². The second-order valence-corrected chi connectivity index (χ2v) is 6.78. The summed E-state index contributed by atoms with van der Waals surface area (Å²) in [5, 5.41) is 4.80. The molecule has 2 aromatic heterocycles. The highest BCUT2D eigenvalue weighted by molar-refractivity contribution is 7.98. The molecule has 2 heterocycles. The van der Waals surface area contributed by atoms with E-state index in [9.17, 15) is 4.39 Å². The van der Waals surface area contributed by atoms with Crippen molar-refractivity contribution in [1.29, 1.82) is 0 Å². The molecule has 6 heteroatoms. The summed E-state index contributed by atoms with van der Waals surface area (Å²) >= 11 is 1.63. The first-order chi connectivity index (χ1) is 13.2. The molecule has 2 aromatic carbocycles. The fourth-order valence-electron chi connectivity index (χ4n) is 3.03. The van der Waals surface area contributed by atoms with E-state index in [4.69, 9.17) is 10.8 Å². The molecule has 0 unspecified atom stereocenters. The molecule has 0 spiro atoms. The standard InChI is InChI=1S/C21H17FN4S/c1-27-18-5-3-2-4-17(18)26-21(23)19(14-10-12-24-13-11-14)20(25-26)15-6-8-16(22)9-7-15/h2-13H,23H2,1H3. The van der Waals surface area contributed by atoms with Gasteiger partial charge in [0, 0.05) is 22.9 Å². The first-order valence-corrected chi connectivity index (χ1v) is 9.59. The predicted octanol–water partition coefficient (Wildman–Crippen LogP) is 5.04. The Bertz CT molecular complexity index is 1080. The molecule has 134 valence electrons. The lowest BCUT2D eigenvalue weighted by molar-refractivity contribution is 0.628. The van der Waals surface area contributed by atoms with E-state index in [1.165, 1.54) is 12.1 Å². The zero-order valence-electron chi connectivity index (χ0n) is 14.6. The summed E-state index contributed by atoms with van der Waals surface area (Å²) in [5.41, 5.74) is 10.7. The highest BCUT2D eigenvalue weighted by Crippen LogP contribution is 2.38. The zero-order chi connectivity index (χ0) is 18.8. The lowest BCUT2D eigenvalue weighted by atomic mass is 10.0. The maximum absolute atomic E-state index is 13.4. The first-order valence-electron chi connectivity index (χ1n) is 8.37. The smallest absolute Gasteiger partial charge is 0.135 e. The van der Waals surface area contributed by atoms with E-state index >= 15 is 0 Å². The molecule has 0 atom stereocenters. The van der Waals surface area contributed by atoms with Crippen molar-refractivity contribution in [3.05, 3.63) is 78.9 Å². The van der Waals surface area contributed by atoms with Gasteiger partial charge in [-0.3, -0.25) is 4.98 Å². The second-order valence-electron chi connectivity index (χ2n) is 5.94. The van der Waals surface area contributed by atoms with Gasteiger partial charge in [0.2, 0.25) is 0 Å². The summed E-state index contributed by atoms with van der Waals surface area (Å²) < 4.78 is 15.2. The van der Waals surface area contributed by atoms with Gasteiger partial charge in [-0.2, -0.15) is 5.10 Å². The fourth-order valence-corrected chi connectivity index (χ4v) is 3.61. The van der Waals surface area contributed by atoms with Crippen LogP contribution in [0.15, 0.2) is 78.0 Å². The molecule has 0 fully saturated rings. The minimum atomic E-state index is -0.288. The summed E-state index contributed by atoms with van der Waals surface area (Å²) in [6.07, 6.45) is 5.45. The monoisotopic (exact) mass is 376 g/mol. The van der Waals surface area contributed by atoms with Crippen LogP contribution in [0.4, 0.5) is 10.2 Å². The second kappa shape index (κ2) is 7.25. The van der Waals surface area contributed by atoms with E-state index in [-0.39, 0.29) is 5.82 Å². The summed E-state index contributed by atoms with van der Waals surface area (Å²) in [6.45, 7) is 0. The Balaban J connectivity index is 1.99. The number of hydrogen-bond donors (Lipinski definition) is 1. The van der Waals surface area contributed by atoms with Gasteiger partial charge in [-0.05, 0) is 60.4 Å². The molecule has 0 aliphatic carbocycles. The molecule has 0 saturated heterocycles. The number of benzene rings is 2. The molecule has 0 bridgehead atoms. The Morgan fingerprint density at radius 2 is 1.63 bits per heavy atom. The Labute approximate surface area is 160 Å². The molecular weight excluding hydrogens is 359 g/mol. The van der Waals surface area contributed by atoms with Crippen LogP contribution in [0.25, 0.3) is 28.1 Å². The number of nitrogen functional groups attached to an aromatic ring is 1. The number of para-hydroxylation sites is 1. The van der Waals surface area contributed by atoms with Gasteiger partial charge >= 0.3 is 0 Å². The van der Waals surface area contributed by atoms with Crippen molar-refractivity contribution in [2.24, 2.45) is 0 Å². The fraction of sp³-hybridized carbons (Fsp3) is 0.0476. The number of hydrogen-bond acceptors (Lipinski definition) is 4. The van der Waals surface area contributed by atoms with Crippen LogP contribution in [0.5, 0.6) is 0 Å². The molecular formula is C21H17FN4S. The predicted molar refractivity (Wildman–Crippen MR) is 108 cm³/mol. The molecule has 4 nitrogen and oxygen atoms in total. The number of halogens is 1. The molecule has 4 aromatic rings. The van der Waals surface area contributed by atoms with Gasteiger partial charge in [0.05, 0.1) is 11.3 Å². The summed E-state index contributed by atoms with van der Waals surface area (Å²) in [6, 6.07) is 18.0. The number of rotatable bonds is 4. The SMILES string of the molecule is CSc1ccccc1-n1nc(-c2ccc(F)cc2)c(-c2ccncc2)c1N. The summed E-state index contributed by atoms with van der Waals surface area (Å²) in [4.78, 5) is 5.15. The van der Waals surface area contributed by atoms with Crippen LogP contribution < -0.4 is 5.73 Å². The van der Waals surface area contributed by atoms with E-state index in [1.807, 2.05) is 42.7 Å². The van der Waals surface area contributed by atoms with Gasteiger partial charge in [0.1, 0.15) is 17.3 Å². The molecule has 0 saturated carbocycles. The minimum Gasteiger partial charge on any atom is -0.383 e. The average molecular weight is 376 g/mol. The maximum Gasteiger partial charge on any atom is 0.135 e. The van der Waals surface area contributed by atoms with Gasteiger partial charge in [0.15, 0.2) is 0 Å². The highest BCUT2D eigenvalue weighted by Gasteiger charge is 2.20. The van der Waals surface area contributed by atoms with Crippen molar-refractivity contribution in [2.75, 3.05) is 12.0 Å². The van der Waals surface area contributed by atoms with E-state index < -0.39 is 0 Å². The third-order valence-electron chi connectivity index (χ3n) is 4.32. The Hall–Kier alpha value is -3.12. The topological polar surface area (TPSA) is 56.7 Å². The molecule has 0 aliphatic rings. The number of nitrogens with two attached hydrogens (primary N) is 1. The normalized spacial score (nSPS) is 10.9. The zero-order valence-corrected chi connectivity index (χ0v) is 15.4. The van der Waals surface area contributed by atoms with Gasteiger partial charge in [-0.25, -0.2) is 9.07 Å². The van der Waals surface area contributed by atoms with Crippen molar-refractivity contribution >= 4 is 17.6 Å². The van der Waals surface area contributed by atoms with E-state index in [2.05, 4.69) is 4.98 Å². The van der Waals surface area contributed by atoms with Crippen LogP contribution in [0.2, 0.25) is 0 Å².